The highest BCUT2D eigenvalue weighted by Gasteiger charge is 2.40. The largest absolute Gasteiger partial charge is 0.380 e. The lowest BCUT2D eigenvalue weighted by atomic mass is 10.1. The number of H-pyrrole nitrogens is 1. The number of anilines is 1. The molecule has 4 heterocycles. The maximum Gasteiger partial charge on any atom is 0.245 e. The number of rotatable bonds is 3. The standard InChI is InChI=1S/C16H21N5O2/c1-23-11-8-13(16(22)20-6-2-3-7-20)21(9-11)15-12-4-5-17-14(12)18-10-19-15/h4-5,10-11,13H,2-3,6-9H2,1H3,(H,17,18,19)/t11-,13-/m0/s1. The fraction of sp³-hybridized carbons (Fsp3) is 0.562. The molecule has 7 heteroatoms. The highest BCUT2D eigenvalue weighted by molar-refractivity contribution is 5.92. The van der Waals surface area contributed by atoms with Gasteiger partial charge in [0.05, 0.1) is 11.5 Å². The lowest BCUT2D eigenvalue weighted by Crippen LogP contribution is -2.45. The molecule has 0 saturated carbocycles. The van der Waals surface area contributed by atoms with Crippen LogP contribution in [0.25, 0.3) is 11.0 Å². The molecule has 2 aromatic rings. The number of fused-ring (bicyclic) bond motifs is 1. The fourth-order valence-electron chi connectivity index (χ4n) is 3.67. The van der Waals surface area contributed by atoms with Crippen LogP contribution in [0, 0.1) is 0 Å². The molecule has 2 atom stereocenters. The van der Waals surface area contributed by atoms with Gasteiger partial charge in [-0.05, 0) is 18.9 Å². The van der Waals surface area contributed by atoms with Gasteiger partial charge >= 0.3 is 0 Å². The smallest absolute Gasteiger partial charge is 0.245 e. The van der Waals surface area contributed by atoms with Gasteiger partial charge in [0.2, 0.25) is 5.91 Å². The SMILES string of the molecule is CO[C@H]1C[C@@H](C(=O)N2CCCC2)N(c2ncnc3[nH]ccc23)C1. The van der Waals surface area contributed by atoms with Crippen molar-refractivity contribution in [1.82, 2.24) is 19.9 Å². The van der Waals surface area contributed by atoms with Crippen molar-refractivity contribution in [3.8, 4) is 0 Å². The van der Waals surface area contributed by atoms with Crippen molar-refractivity contribution in [2.45, 2.75) is 31.4 Å². The summed E-state index contributed by atoms with van der Waals surface area (Å²) in [4.78, 5) is 28.8. The summed E-state index contributed by atoms with van der Waals surface area (Å²) >= 11 is 0. The minimum absolute atomic E-state index is 0.0514. The number of nitrogens with one attached hydrogen (secondary N) is 1. The molecular weight excluding hydrogens is 294 g/mol. The van der Waals surface area contributed by atoms with E-state index in [1.807, 2.05) is 17.2 Å². The van der Waals surface area contributed by atoms with E-state index < -0.39 is 0 Å². The number of methoxy groups -OCH3 is 1. The predicted molar refractivity (Wildman–Crippen MR) is 86.3 cm³/mol. The van der Waals surface area contributed by atoms with Gasteiger partial charge < -0.3 is 19.5 Å². The number of likely N-dealkylation sites (tertiary alicyclic amines) is 1. The molecule has 0 bridgehead atoms. The van der Waals surface area contributed by atoms with E-state index in [1.165, 1.54) is 0 Å². The maximum absolute atomic E-state index is 12.9. The minimum atomic E-state index is -0.203. The molecule has 1 N–H and O–H groups in total. The number of hydrogen-bond donors (Lipinski definition) is 1. The molecule has 0 spiro atoms. The van der Waals surface area contributed by atoms with Crippen LogP contribution in [0.5, 0.6) is 0 Å². The molecule has 4 rings (SSSR count). The van der Waals surface area contributed by atoms with Crippen LogP contribution in [0.15, 0.2) is 18.6 Å². The van der Waals surface area contributed by atoms with Gasteiger partial charge in [-0.3, -0.25) is 4.79 Å². The molecular formula is C16H21N5O2. The minimum Gasteiger partial charge on any atom is -0.380 e. The molecule has 0 unspecified atom stereocenters. The highest BCUT2D eigenvalue weighted by Crippen LogP contribution is 2.31. The molecule has 122 valence electrons. The second kappa shape index (κ2) is 5.81. The first-order valence-corrected chi connectivity index (χ1v) is 8.14. The number of carbonyl (C=O) groups is 1. The second-order valence-electron chi connectivity index (χ2n) is 6.23. The van der Waals surface area contributed by atoms with Gasteiger partial charge in [0.25, 0.3) is 0 Å². The summed E-state index contributed by atoms with van der Waals surface area (Å²) in [5.41, 5.74) is 0.795. The van der Waals surface area contributed by atoms with E-state index in [-0.39, 0.29) is 18.1 Å². The normalized spacial score (nSPS) is 24.7. The zero-order valence-electron chi connectivity index (χ0n) is 13.2. The van der Waals surface area contributed by atoms with E-state index >= 15 is 0 Å². The predicted octanol–water partition coefficient (Wildman–Crippen LogP) is 1.17. The van der Waals surface area contributed by atoms with E-state index in [1.54, 1.807) is 13.4 Å². The number of carbonyl (C=O) groups excluding carboxylic acids is 1. The van der Waals surface area contributed by atoms with Gasteiger partial charge in [-0.15, -0.1) is 0 Å². The summed E-state index contributed by atoms with van der Waals surface area (Å²) in [6.45, 7) is 2.41. The summed E-state index contributed by atoms with van der Waals surface area (Å²) < 4.78 is 5.54. The Balaban J connectivity index is 1.69. The van der Waals surface area contributed by atoms with Crippen LogP contribution in [0.3, 0.4) is 0 Å². The first kappa shape index (κ1) is 14.4. The summed E-state index contributed by atoms with van der Waals surface area (Å²) in [6, 6.07) is 1.76. The molecule has 2 saturated heterocycles. The van der Waals surface area contributed by atoms with Crippen LogP contribution in [0.4, 0.5) is 5.82 Å². The van der Waals surface area contributed by atoms with Crippen molar-refractivity contribution in [3.63, 3.8) is 0 Å². The molecule has 7 nitrogen and oxygen atoms in total. The summed E-state index contributed by atoms with van der Waals surface area (Å²) in [5.74, 6) is 1.01. The van der Waals surface area contributed by atoms with E-state index in [9.17, 15) is 4.79 Å². The van der Waals surface area contributed by atoms with Gasteiger partial charge in [-0.1, -0.05) is 0 Å². The van der Waals surface area contributed by atoms with Crippen LogP contribution in [0.1, 0.15) is 19.3 Å². The number of aromatic nitrogens is 3. The first-order valence-electron chi connectivity index (χ1n) is 8.14. The number of nitrogens with zero attached hydrogens (tertiary/aromatic N) is 4. The van der Waals surface area contributed by atoms with Crippen LogP contribution in [-0.2, 0) is 9.53 Å². The Morgan fingerprint density at radius 2 is 2.17 bits per heavy atom. The molecule has 23 heavy (non-hydrogen) atoms. The number of amides is 1. The van der Waals surface area contributed by atoms with E-state index in [4.69, 9.17) is 4.74 Å². The third kappa shape index (κ3) is 2.45. The summed E-state index contributed by atoms with van der Waals surface area (Å²) in [5, 5.41) is 0.948. The Labute approximate surface area is 134 Å². The molecule has 0 radical (unpaired) electrons. The van der Waals surface area contributed by atoms with E-state index in [2.05, 4.69) is 19.9 Å². The van der Waals surface area contributed by atoms with Crippen molar-refractivity contribution < 1.29 is 9.53 Å². The Hall–Kier alpha value is -2.15. The second-order valence-corrected chi connectivity index (χ2v) is 6.23. The fourth-order valence-corrected chi connectivity index (χ4v) is 3.67. The van der Waals surface area contributed by atoms with Crippen molar-refractivity contribution in [3.05, 3.63) is 18.6 Å². The van der Waals surface area contributed by atoms with Gasteiger partial charge in [0.15, 0.2) is 0 Å². The van der Waals surface area contributed by atoms with Crippen molar-refractivity contribution >= 4 is 22.8 Å². The van der Waals surface area contributed by atoms with E-state index in [0.717, 1.165) is 42.8 Å². The van der Waals surface area contributed by atoms with Crippen LogP contribution >= 0.6 is 0 Å². The zero-order valence-corrected chi connectivity index (χ0v) is 13.2. The molecule has 2 fully saturated rings. The molecule has 1 amide bonds. The van der Waals surface area contributed by atoms with Gasteiger partial charge in [0.1, 0.15) is 23.8 Å². The van der Waals surface area contributed by atoms with Crippen LogP contribution < -0.4 is 4.90 Å². The topological polar surface area (TPSA) is 74.3 Å². The molecule has 2 aliphatic heterocycles. The van der Waals surface area contributed by atoms with Gasteiger partial charge in [0, 0.05) is 39.4 Å². The number of hydrogen-bond acceptors (Lipinski definition) is 5. The van der Waals surface area contributed by atoms with Crippen molar-refractivity contribution in [1.29, 1.82) is 0 Å². The lowest BCUT2D eigenvalue weighted by Gasteiger charge is -2.28. The molecule has 0 aromatic carbocycles. The monoisotopic (exact) mass is 315 g/mol. The van der Waals surface area contributed by atoms with Gasteiger partial charge in [-0.25, -0.2) is 9.97 Å². The first-order chi connectivity index (χ1) is 11.3. The van der Waals surface area contributed by atoms with Crippen LogP contribution in [0.2, 0.25) is 0 Å². The lowest BCUT2D eigenvalue weighted by molar-refractivity contribution is -0.131. The molecule has 2 aromatic heterocycles. The quantitative estimate of drug-likeness (QED) is 0.920. The van der Waals surface area contributed by atoms with Crippen LogP contribution in [-0.4, -0.2) is 64.6 Å². The van der Waals surface area contributed by atoms with Gasteiger partial charge in [-0.2, -0.15) is 0 Å². The third-order valence-electron chi connectivity index (χ3n) is 4.90. The Morgan fingerprint density at radius 3 is 2.96 bits per heavy atom. The summed E-state index contributed by atoms with van der Waals surface area (Å²) in [6.07, 6.45) is 6.36. The Kier molecular flexibility index (Phi) is 3.65. The molecule has 0 aliphatic carbocycles. The number of ether oxygens (including phenoxy) is 1. The Bertz CT molecular complexity index is 709. The number of aromatic amines is 1. The summed E-state index contributed by atoms with van der Waals surface area (Å²) in [7, 11) is 1.71. The average Bonchev–Trinajstić information content (AvgIpc) is 3.32. The molecule has 2 aliphatic rings. The third-order valence-corrected chi connectivity index (χ3v) is 4.90. The van der Waals surface area contributed by atoms with Crippen molar-refractivity contribution in [2.24, 2.45) is 0 Å². The average molecular weight is 315 g/mol. The van der Waals surface area contributed by atoms with Crippen molar-refractivity contribution in [2.75, 3.05) is 31.6 Å². The maximum atomic E-state index is 12.9. The zero-order chi connectivity index (χ0) is 15.8. The Morgan fingerprint density at radius 1 is 1.35 bits per heavy atom. The van der Waals surface area contributed by atoms with E-state index in [0.29, 0.717) is 13.0 Å². The highest BCUT2D eigenvalue weighted by atomic mass is 16.5.